The van der Waals surface area contributed by atoms with E-state index in [4.69, 9.17) is 16.3 Å². The van der Waals surface area contributed by atoms with Gasteiger partial charge in [0.05, 0.1) is 12.2 Å². The molecular weight excluding hydrogens is 378 g/mol. The predicted molar refractivity (Wildman–Crippen MR) is 97.6 cm³/mol. The fourth-order valence-corrected chi connectivity index (χ4v) is 3.44. The van der Waals surface area contributed by atoms with E-state index in [-0.39, 0.29) is 6.03 Å². The number of halogens is 3. The van der Waals surface area contributed by atoms with Crippen molar-refractivity contribution in [1.29, 1.82) is 0 Å². The topological polar surface area (TPSA) is 48.9 Å². The lowest BCUT2D eigenvalue weighted by molar-refractivity contribution is 0.196. The maximum Gasteiger partial charge on any atom is 0.324 e. The van der Waals surface area contributed by atoms with Crippen LogP contribution in [-0.2, 0) is 0 Å². The van der Waals surface area contributed by atoms with Crippen LogP contribution in [0.15, 0.2) is 30.3 Å². The molecule has 0 atom stereocenters. The van der Waals surface area contributed by atoms with Gasteiger partial charge in [-0.15, -0.1) is 0 Å². The highest BCUT2D eigenvalue weighted by molar-refractivity contribution is 6.30. The van der Waals surface area contributed by atoms with Crippen molar-refractivity contribution in [3.05, 3.63) is 47.1 Å². The highest BCUT2D eigenvalue weighted by Crippen LogP contribution is 2.34. The van der Waals surface area contributed by atoms with Crippen LogP contribution in [0, 0.1) is 11.8 Å². The van der Waals surface area contributed by atoms with Gasteiger partial charge in [-0.25, -0.2) is 9.18 Å². The highest BCUT2D eigenvalue weighted by atomic mass is 35.5. The third-order valence-electron chi connectivity index (χ3n) is 4.68. The van der Waals surface area contributed by atoms with Gasteiger partial charge in [0.15, 0.2) is 5.82 Å². The average molecular weight is 395 g/mol. The van der Waals surface area contributed by atoms with Crippen LogP contribution in [0.4, 0.5) is 25.1 Å². The summed E-state index contributed by atoms with van der Waals surface area (Å²) in [5, 5.41) is 0.552. The molecule has 2 aliphatic rings. The lowest BCUT2D eigenvalue weighted by Gasteiger charge is -2.39. The van der Waals surface area contributed by atoms with E-state index in [1.807, 2.05) is 4.90 Å². The van der Waals surface area contributed by atoms with Crippen molar-refractivity contribution in [2.45, 2.75) is 0 Å². The van der Waals surface area contributed by atoms with Gasteiger partial charge < -0.3 is 14.5 Å². The van der Waals surface area contributed by atoms with Gasteiger partial charge in [-0.1, -0.05) is 11.6 Å². The number of ether oxygens (including phenoxy) is 1. The first-order valence-electron chi connectivity index (χ1n) is 8.59. The molecular formula is C18H17ClF2N4O2. The third-order valence-corrected chi connectivity index (χ3v) is 4.91. The number of aromatic nitrogens is 1. The number of carbonyl (C=O) groups excluding carboxylic acids is 1. The molecule has 27 heavy (non-hydrogen) atoms. The van der Waals surface area contributed by atoms with Gasteiger partial charge >= 0.3 is 6.03 Å². The molecule has 2 aliphatic heterocycles. The number of hydrogen-bond acceptors (Lipinski definition) is 4. The molecule has 1 aromatic carbocycles. The van der Waals surface area contributed by atoms with Gasteiger partial charge in [-0.3, -0.25) is 4.90 Å². The van der Waals surface area contributed by atoms with Crippen LogP contribution in [0.25, 0.3) is 0 Å². The molecule has 0 saturated carbocycles. The average Bonchev–Trinajstić information content (AvgIpc) is 2.69. The van der Waals surface area contributed by atoms with Gasteiger partial charge in [0.25, 0.3) is 5.95 Å². The molecule has 0 N–H and O–H groups in total. The van der Waals surface area contributed by atoms with E-state index in [1.54, 1.807) is 28.0 Å². The summed E-state index contributed by atoms with van der Waals surface area (Å²) >= 11 is 5.99. The number of hydrogen-bond donors (Lipinski definition) is 0. The molecule has 0 unspecified atom stereocenters. The number of anilines is 2. The number of urea groups is 1. The quantitative estimate of drug-likeness (QED) is 0.697. The molecule has 4 rings (SSSR count). The molecule has 2 amide bonds. The SMILES string of the molecule is O=C(N1CCN(c2ccc(F)c(F)n2)CC1)N1CCOc2cc(Cl)ccc21. The molecule has 6 nitrogen and oxygen atoms in total. The normalized spacial score (nSPS) is 16.8. The van der Waals surface area contributed by atoms with Gasteiger partial charge in [0.2, 0.25) is 0 Å². The molecule has 9 heteroatoms. The van der Waals surface area contributed by atoms with Crippen LogP contribution >= 0.6 is 11.6 Å². The van der Waals surface area contributed by atoms with E-state index in [2.05, 4.69) is 4.98 Å². The molecule has 0 spiro atoms. The Balaban J connectivity index is 1.44. The zero-order chi connectivity index (χ0) is 19.0. The third kappa shape index (κ3) is 3.49. The summed E-state index contributed by atoms with van der Waals surface area (Å²) in [5.74, 6) is -1.13. The number of piperazine rings is 1. The largest absolute Gasteiger partial charge is 0.489 e. The van der Waals surface area contributed by atoms with Crippen LogP contribution in [0.2, 0.25) is 5.02 Å². The summed E-state index contributed by atoms with van der Waals surface area (Å²) in [6.45, 7) is 2.75. The second-order valence-electron chi connectivity index (χ2n) is 6.31. The van der Waals surface area contributed by atoms with Gasteiger partial charge in [-0.2, -0.15) is 9.37 Å². The van der Waals surface area contributed by atoms with Gasteiger partial charge in [0.1, 0.15) is 18.2 Å². The predicted octanol–water partition coefficient (Wildman–Crippen LogP) is 3.15. The number of fused-ring (bicyclic) bond motifs is 1. The molecule has 1 fully saturated rings. The molecule has 1 aromatic heterocycles. The van der Waals surface area contributed by atoms with Crippen LogP contribution in [0.3, 0.4) is 0 Å². The summed E-state index contributed by atoms with van der Waals surface area (Å²) in [7, 11) is 0. The summed E-state index contributed by atoms with van der Waals surface area (Å²) in [5.41, 5.74) is 0.695. The number of amides is 2. The van der Waals surface area contributed by atoms with Crippen LogP contribution < -0.4 is 14.5 Å². The van der Waals surface area contributed by atoms with Crippen molar-refractivity contribution in [3.8, 4) is 5.75 Å². The lowest BCUT2D eigenvalue weighted by atomic mass is 10.2. The van der Waals surface area contributed by atoms with Crippen molar-refractivity contribution in [2.75, 3.05) is 49.1 Å². The lowest BCUT2D eigenvalue weighted by Crippen LogP contribution is -2.54. The van der Waals surface area contributed by atoms with Crippen LogP contribution in [0.5, 0.6) is 5.75 Å². The molecule has 3 heterocycles. The maximum absolute atomic E-state index is 13.3. The Hall–Kier alpha value is -2.61. The van der Waals surface area contributed by atoms with E-state index < -0.39 is 11.8 Å². The molecule has 142 valence electrons. The molecule has 0 aliphatic carbocycles. The van der Waals surface area contributed by atoms with E-state index in [1.165, 1.54) is 6.07 Å². The van der Waals surface area contributed by atoms with Crippen LogP contribution in [0.1, 0.15) is 0 Å². The minimum atomic E-state index is -1.12. The molecule has 1 saturated heterocycles. The Morgan fingerprint density at radius 1 is 1.07 bits per heavy atom. The molecule has 2 aromatic rings. The summed E-state index contributed by atoms with van der Waals surface area (Å²) < 4.78 is 32.0. The zero-order valence-corrected chi connectivity index (χ0v) is 15.1. The van der Waals surface area contributed by atoms with E-state index in [0.717, 1.165) is 6.07 Å². The first-order chi connectivity index (χ1) is 13.0. The number of carbonyl (C=O) groups is 1. The maximum atomic E-state index is 13.3. The van der Waals surface area contributed by atoms with Gasteiger partial charge in [0, 0.05) is 37.3 Å². The molecule has 0 bridgehead atoms. The second kappa shape index (κ2) is 7.19. The Bertz CT molecular complexity index is 874. The Kier molecular flexibility index (Phi) is 4.73. The summed E-state index contributed by atoms with van der Waals surface area (Å²) in [4.78, 5) is 21.8. The monoisotopic (exact) mass is 394 g/mol. The highest BCUT2D eigenvalue weighted by Gasteiger charge is 2.30. The fraction of sp³-hybridized carbons (Fsp3) is 0.333. The van der Waals surface area contributed by atoms with Crippen molar-refractivity contribution in [3.63, 3.8) is 0 Å². The second-order valence-corrected chi connectivity index (χ2v) is 6.75. The van der Waals surface area contributed by atoms with Crippen molar-refractivity contribution in [2.24, 2.45) is 0 Å². The van der Waals surface area contributed by atoms with E-state index in [9.17, 15) is 13.6 Å². The molecule has 0 radical (unpaired) electrons. The van der Waals surface area contributed by atoms with Gasteiger partial charge in [-0.05, 0) is 24.3 Å². The number of nitrogens with zero attached hydrogens (tertiary/aromatic N) is 4. The minimum absolute atomic E-state index is 0.111. The zero-order valence-electron chi connectivity index (χ0n) is 14.4. The fourth-order valence-electron chi connectivity index (χ4n) is 3.27. The Morgan fingerprint density at radius 3 is 2.59 bits per heavy atom. The smallest absolute Gasteiger partial charge is 0.324 e. The van der Waals surface area contributed by atoms with E-state index >= 15 is 0 Å². The first-order valence-corrected chi connectivity index (χ1v) is 8.96. The summed E-state index contributed by atoms with van der Waals surface area (Å²) in [6, 6.07) is 7.59. The Labute approximate surface area is 159 Å². The van der Waals surface area contributed by atoms with Crippen molar-refractivity contribution >= 4 is 29.1 Å². The number of rotatable bonds is 1. The Morgan fingerprint density at radius 2 is 1.85 bits per heavy atom. The minimum Gasteiger partial charge on any atom is -0.489 e. The van der Waals surface area contributed by atoms with E-state index in [0.29, 0.717) is 61.6 Å². The van der Waals surface area contributed by atoms with Crippen LogP contribution in [-0.4, -0.2) is 55.2 Å². The van der Waals surface area contributed by atoms with Crippen molar-refractivity contribution in [1.82, 2.24) is 9.88 Å². The number of pyridine rings is 1. The summed E-state index contributed by atoms with van der Waals surface area (Å²) in [6.07, 6.45) is 0. The first kappa shape index (κ1) is 17.8. The number of benzene rings is 1. The standard InChI is InChI=1S/C18H17ClF2N4O2/c19-12-1-3-14-15(11-12)27-10-9-25(14)18(26)24-7-5-23(6-8-24)16-4-2-13(20)17(21)22-16/h1-4,11H,5-10H2. The van der Waals surface area contributed by atoms with Crippen molar-refractivity contribution < 1.29 is 18.3 Å².